The lowest BCUT2D eigenvalue weighted by Gasteiger charge is -2.35. The van der Waals surface area contributed by atoms with E-state index < -0.39 is 0 Å². The number of nitrogens with zero attached hydrogens (tertiary/aromatic N) is 1. The number of ether oxygens (including phenoxy) is 3. The molecule has 2 aromatic rings. The number of hydrogen-bond acceptors (Lipinski definition) is 6. The van der Waals surface area contributed by atoms with Crippen LogP contribution in [0.5, 0.6) is 23.0 Å². The van der Waals surface area contributed by atoms with E-state index in [1.807, 2.05) is 18.2 Å². The number of phenolic OH excluding ortho intramolecular Hbond substituents is 2. The highest BCUT2D eigenvalue weighted by molar-refractivity contribution is 5.54. The number of phenols is 2. The first-order valence-electron chi connectivity index (χ1n) is 7.95. The quantitative estimate of drug-likeness (QED) is 0.900. The molecule has 0 spiro atoms. The Labute approximate surface area is 139 Å². The van der Waals surface area contributed by atoms with Gasteiger partial charge in [0.05, 0.1) is 19.3 Å². The molecule has 4 rings (SSSR count). The van der Waals surface area contributed by atoms with Gasteiger partial charge in [-0.05, 0) is 23.8 Å². The Morgan fingerprint density at radius 1 is 0.917 bits per heavy atom. The molecule has 2 aliphatic heterocycles. The molecule has 1 unspecified atom stereocenters. The molecule has 0 bridgehead atoms. The maximum absolute atomic E-state index is 10.5. The van der Waals surface area contributed by atoms with Gasteiger partial charge in [0.25, 0.3) is 0 Å². The van der Waals surface area contributed by atoms with Crippen molar-refractivity contribution in [2.45, 2.75) is 6.04 Å². The van der Waals surface area contributed by atoms with Gasteiger partial charge < -0.3 is 24.4 Å². The van der Waals surface area contributed by atoms with Gasteiger partial charge in [-0.3, -0.25) is 4.90 Å². The van der Waals surface area contributed by atoms with Gasteiger partial charge in [-0.15, -0.1) is 0 Å². The molecule has 0 aromatic heterocycles. The molecule has 6 nitrogen and oxygen atoms in total. The molecule has 2 aliphatic rings. The number of fused-ring (bicyclic) bond motifs is 1. The van der Waals surface area contributed by atoms with Crippen LogP contribution in [0.2, 0.25) is 0 Å². The highest BCUT2D eigenvalue weighted by atomic mass is 16.7. The molecule has 2 heterocycles. The third-order valence-electron chi connectivity index (χ3n) is 4.44. The molecule has 0 radical (unpaired) electrons. The zero-order valence-corrected chi connectivity index (χ0v) is 13.1. The Bertz CT molecular complexity index is 725. The molecular weight excluding hydrogens is 310 g/mol. The first kappa shape index (κ1) is 15.1. The summed E-state index contributed by atoms with van der Waals surface area (Å²) in [5.41, 5.74) is 1.75. The average Bonchev–Trinajstić information content (AvgIpc) is 3.05. The summed E-state index contributed by atoms with van der Waals surface area (Å²) in [6.07, 6.45) is 0. The van der Waals surface area contributed by atoms with Crippen molar-refractivity contribution >= 4 is 0 Å². The van der Waals surface area contributed by atoms with Crippen molar-refractivity contribution in [1.29, 1.82) is 0 Å². The van der Waals surface area contributed by atoms with Crippen LogP contribution in [0.4, 0.5) is 0 Å². The van der Waals surface area contributed by atoms with Crippen LogP contribution in [-0.2, 0) is 4.74 Å². The normalized spacial score (nSPS) is 18.5. The van der Waals surface area contributed by atoms with Crippen LogP contribution in [-0.4, -0.2) is 48.2 Å². The standard InChI is InChI=1S/C18H19NO5/c20-13-3-1-12(2-4-13)18(19-5-7-22-8-6-19)14-9-16-17(10-15(14)21)24-11-23-16/h1-4,9-10,18,20-21H,5-8,11H2. The number of hydrogen-bond donors (Lipinski definition) is 2. The lowest BCUT2D eigenvalue weighted by Crippen LogP contribution is -2.39. The summed E-state index contributed by atoms with van der Waals surface area (Å²) in [4.78, 5) is 2.26. The average molecular weight is 329 g/mol. The minimum Gasteiger partial charge on any atom is -0.508 e. The van der Waals surface area contributed by atoms with Crippen molar-refractivity contribution in [2.75, 3.05) is 33.1 Å². The second-order valence-electron chi connectivity index (χ2n) is 5.91. The highest BCUT2D eigenvalue weighted by Crippen LogP contribution is 2.43. The third-order valence-corrected chi connectivity index (χ3v) is 4.44. The minimum atomic E-state index is -0.149. The molecule has 24 heavy (non-hydrogen) atoms. The lowest BCUT2D eigenvalue weighted by molar-refractivity contribution is 0.0235. The van der Waals surface area contributed by atoms with Crippen molar-refractivity contribution in [3.05, 3.63) is 47.5 Å². The van der Waals surface area contributed by atoms with Crippen LogP contribution < -0.4 is 9.47 Å². The van der Waals surface area contributed by atoms with E-state index in [1.165, 1.54) is 0 Å². The molecule has 0 saturated carbocycles. The molecule has 1 atom stereocenters. The van der Waals surface area contributed by atoms with Gasteiger partial charge in [0.15, 0.2) is 11.5 Å². The van der Waals surface area contributed by atoms with E-state index in [1.54, 1.807) is 18.2 Å². The SMILES string of the molecule is Oc1ccc(C(c2cc3c(cc2O)OCO3)N2CCOCC2)cc1. The molecule has 1 saturated heterocycles. The second kappa shape index (κ2) is 6.22. The summed E-state index contributed by atoms with van der Waals surface area (Å²) in [5.74, 6) is 1.58. The van der Waals surface area contributed by atoms with Crippen molar-refractivity contribution < 1.29 is 24.4 Å². The summed E-state index contributed by atoms with van der Waals surface area (Å²) in [6, 6.07) is 10.4. The predicted octanol–water partition coefficient (Wildman–Crippen LogP) is 2.25. The second-order valence-corrected chi connectivity index (χ2v) is 5.91. The monoisotopic (exact) mass is 329 g/mol. The Morgan fingerprint density at radius 2 is 1.58 bits per heavy atom. The van der Waals surface area contributed by atoms with E-state index in [0.29, 0.717) is 24.7 Å². The molecule has 2 N–H and O–H groups in total. The smallest absolute Gasteiger partial charge is 0.231 e. The van der Waals surface area contributed by atoms with Crippen LogP contribution >= 0.6 is 0 Å². The van der Waals surface area contributed by atoms with Gasteiger partial charge >= 0.3 is 0 Å². The number of rotatable bonds is 3. The fraction of sp³-hybridized carbons (Fsp3) is 0.333. The molecule has 1 fully saturated rings. The highest BCUT2D eigenvalue weighted by Gasteiger charge is 2.29. The van der Waals surface area contributed by atoms with Crippen molar-refractivity contribution in [2.24, 2.45) is 0 Å². The molecular formula is C18H19NO5. The van der Waals surface area contributed by atoms with E-state index in [-0.39, 0.29) is 24.3 Å². The van der Waals surface area contributed by atoms with Crippen LogP contribution in [0.1, 0.15) is 17.2 Å². The first-order chi connectivity index (χ1) is 11.7. The molecule has 126 valence electrons. The molecule has 0 amide bonds. The topological polar surface area (TPSA) is 71.4 Å². The maximum Gasteiger partial charge on any atom is 0.231 e. The van der Waals surface area contributed by atoms with Gasteiger partial charge in [-0.1, -0.05) is 12.1 Å². The molecule has 2 aromatic carbocycles. The fourth-order valence-electron chi connectivity index (χ4n) is 3.25. The fourth-order valence-corrected chi connectivity index (χ4v) is 3.25. The first-order valence-corrected chi connectivity index (χ1v) is 7.95. The Hall–Kier alpha value is -2.44. The summed E-state index contributed by atoms with van der Waals surface area (Å²) in [6.45, 7) is 3.00. The minimum absolute atomic E-state index is 0.149. The van der Waals surface area contributed by atoms with E-state index in [2.05, 4.69) is 4.90 Å². The number of aromatic hydroxyl groups is 2. The van der Waals surface area contributed by atoms with Crippen molar-refractivity contribution in [1.82, 2.24) is 4.90 Å². The molecule has 6 heteroatoms. The zero-order chi connectivity index (χ0) is 16.5. The number of morpholine rings is 1. The van der Waals surface area contributed by atoms with Crippen LogP contribution in [0, 0.1) is 0 Å². The van der Waals surface area contributed by atoms with Gasteiger partial charge in [-0.25, -0.2) is 0 Å². The zero-order valence-electron chi connectivity index (χ0n) is 13.1. The van der Waals surface area contributed by atoms with Crippen molar-refractivity contribution in [3.63, 3.8) is 0 Å². The van der Waals surface area contributed by atoms with E-state index in [4.69, 9.17) is 14.2 Å². The van der Waals surface area contributed by atoms with Gasteiger partial charge in [0.1, 0.15) is 11.5 Å². The summed E-state index contributed by atoms with van der Waals surface area (Å²) >= 11 is 0. The third kappa shape index (κ3) is 2.74. The predicted molar refractivity (Wildman–Crippen MR) is 86.6 cm³/mol. The van der Waals surface area contributed by atoms with Crippen LogP contribution in [0.3, 0.4) is 0 Å². The van der Waals surface area contributed by atoms with Crippen LogP contribution in [0.25, 0.3) is 0 Å². The lowest BCUT2D eigenvalue weighted by atomic mass is 9.95. The Balaban J connectivity index is 1.78. The Kier molecular flexibility index (Phi) is 3.92. The maximum atomic E-state index is 10.5. The largest absolute Gasteiger partial charge is 0.508 e. The summed E-state index contributed by atoms with van der Waals surface area (Å²) < 4.78 is 16.3. The van der Waals surface area contributed by atoms with Crippen LogP contribution in [0.15, 0.2) is 36.4 Å². The number of benzene rings is 2. The van der Waals surface area contributed by atoms with Crippen molar-refractivity contribution in [3.8, 4) is 23.0 Å². The summed E-state index contributed by atoms with van der Waals surface area (Å²) in [7, 11) is 0. The Morgan fingerprint density at radius 3 is 2.29 bits per heavy atom. The van der Waals surface area contributed by atoms with Gasteiger partial charge in [0.2, 0.25) is 6.79 Å². The van der Waals surface area contributed by atoms with E-state index in [0.717, 1.165) is 24.2 Å². The summed E-state index contributed by atoms with van der Waals surface area (Å²) in [5, 5.41) is 20.1. The van der Waals surface area contributed by atoms with Gasteiger partial charge in [0, 0.05) is 24.7 Å². The van der Waals surface area contributed by atoms with E-state index in [9.17, 15) is 10.2 Å². The van der Waals surface area contributed by atoms with E-state index >= 15 is 0 Å². The van der Waals surface area contributed by atoms with Gasteiger partial charge in [-0.2, -0.15) is 0 Å². The molecule has 0 aliphatic carbocycles.